The molecule has 1 fully saturated rings. The van der Waals surface area contributed by atoms with Gasteiger partial charge in [-0.15, -0.1) is 0 Å². The number of benzene rings is 2. The third-order valence-corrected chi connectivity index (χ3v) is 4.86. The number of nitrogens with zero attached hydrogens (tertiary/aromatic N) is 2. The highest BCUT2D eigenvalue weighted by Gasteiger charge is 2.27. The summed E-state index contributed by atoms with van der Waals surface area (Å²) in [6, 6.07) is 12.9. The van der Waals surface area contributed by atoms with Gasteiger partial charge < -0.3 is 19.4 Å². The predicted octanol–water partition coefficient (Wildman–Crippen LogP) is 2.99. The Labute approximate surface area is 171 Å². The first-order chi connectivity index (χ1) is 14.5. The van der Waals surface area contributed by atoms with Crippen LogP contribution in [0.15, 0.2) is 52.9 Å². The zero-order valence-corrected chi connectivity index (χ0v) is 16.0. The fraction of sp³-hybridized carbons (Fsp3) is 0.238. The monoisotopic (exact) mass is 409 g/mol. The number of non-ortho nitro benzene ring substituents is 1. The van der Waals surface area contributed by atoms with Crippen LogP contribution in [-0.4, -0.2) is 47.9 Å². The summed E-state index contributed by atoms with van der Waals surface area (Å²) < 4.78 is 11.1. The molecule has 0 saturated carbocycles. The third kappa shape index (κ3) is 4.01. The van der Waals surface area contributed by atoms with Gasteiger partial charge in [0.2, 0.25) is 11.7 Å². The molecule has 30 heavy (non-hydrogen) atoms. The van der Waals surface area contributed by atoms with Crippen LogP contribution in [0.3, 0.4) is 0 Å². The Bertz CT molecular complexity index is 1100. The Kier molecular flexibility index (Phi) is 5.44. The van der Waals surface area contributed by atoms with Crippen molar-refractivity contribution in [2.45, 2.75) is 6.42 Å². The minimum Gasteiger partial charge on any atom is -0.449 e. The molecule has 2 heterocycles. The first-order valence-electron chi connectivity index (χ1n) is 9.44. The molecule has 0 aliphatic carbocycles. The van der Waals surface area contributed by atoms with Gasteiger partial charge in [-0.3, -0.25) is 19.7 Å². The quantitative estimate of drug-likeness (QED) is 0.512. The number of nitro benzene ring substituents is 1. The van der Waals surface area contributed by atoms with Gasteiger partial charge in [0.25, 0.3) is 11.6 Å². The minimum absolute atomic E-state index is 0.00266. The van der Waals surface area contributed by atoms with Crippen LogP contribution in [0.25, 0.3) is 11.0 Å². The van der Waals surface area contributed by atoms with E-state index in [1.54, 1.807) is 29.2 Å². The smallest absolute Gasteiger partial charge is 0.291 e. The molecular weight excluding hydrogens is 390 g/mol. The van der Waals surface area contributed by atoms with Crippen LogP contribution < -0.4 is 5.32 Å². The lowest BCUT2D eigenvalue weighted by atomic mass is 10.1. The molecule has 2 amide bonds. The number of para-hydroxylation sites is 1. The van der Waals surface area contributed by atoms with Crippen LogP contribution in [0.4, 0.5) is 11.4 Å². The molecule has 1 saturated heterocycles. The van der Waals surface area contributed by atoms with Gasteiger partial charge in [0.05, 0.1) is 24.6 Å². The van der Waals surface area contributed by atoms with Crippen LogP contribution in [0.1, 0.15) is 16.1 Å². The second-order valence-electron chi connectivity index (χ2n) is 6.86. The fourth-order valence-corrected chi connectivity index (χ4v) is 3.33. The van der Waals surface area contributed by atoms with E-state index in [2.05, 4.69) is 5.32 Å². The minimum atomic E-state index is -0.495. The first-order valence-corrected chi connectivity index (χ1v) is 9.44. The summed E-state index contributed by atoms with van der Waals surface area (Å²) >= 11 is 0. The second kappa shape index (κ2) is 8.34. The number of hydrogen-bond donors (Lipinski definition) is 1. The van der Waals surface area contributed by atoms with Crippen LogP contribution in [-0.2, 0) is 16.0 Å². The van der Waals surface area contributed by atoms with Crippen molar-refractivity contribution in [2.24, 2.45) is 0 Å². The summed E-state index contributed by atoms with van der Waals surface area (Å²) in [6.07, 6.45) is 0.00266. The van der Waals surface area contributed by atoms with E-state index in [4.69, 9.17) is 9.15 Å². The Balaban J connectivity index is 1.58. The molecule has 0 spiro atoms. The van der Waals surface area contributed by atoms with E-state index in [1.165, 1.54) is 24.3 Å². The van der Waals surface area contributed by atoms with E-state index >= 15 is 0 Å². The second-order valence-corrected chi connectivity index (χ2v) is 6.86. The summed E-state index contributed by atoms with van der Waals surface area (Å²) in [5.74, 6) is -0.582. The fourth-order valence-electron chi connectivity index (χ4n) is 3.33. The van der Waals surface area contributed by atoms with Crippen molar-refractivity contribution in [3.8, 4) is 0 Å². The summed E-state index contributed by atoms with van der Waals surface area (Å²) in [6.45, 7) is 1.81. The number of nitro groups is 1. The largest absolute Gasteiger partial charge is 0.449 e. The normalized spacial score (nSPS) is 13.9. The van der Waals surface area contributed by atoms with E-state index in [0.717, 1.165) is 0 Å². The molecule has 0 atom stereocenters. The molecule has 1 aliphatic heterocycles. The maximum atomic E-state index is 13.0. The number of carbonyl (C=O) groups excluding carboxylic acids is 2. The highest BCUT2D eigenvalue weighted by Crippen LogP contribution is 2.32. The number of hydrogen-bond acceptors (Lipinski definition) is 6. The van der Waals surface area contributed by atoms with Gasteiger partial charge in [-0.1, -0.05) is 24.3 Å². The number of morpholine rings is 1. The molecule has 9 nitrogen and oxygen atoms in total. The molecule has 154 valence electrons. The van der Waals surface area contributed by atoms with E-state index in [-0.39, 0.29) is 29.7 Å². The van der Waals surface area contributed by atoms with E-state index in [0.29, 0.717) is 48.5 Å². The van der Waals surface area contributed by atoms with Crippen molar-refractivity contribution in [3.05, 3.63) is 70.0 Å². The average Bonchev–Trinajstić information content (AvgIpc) is 3.12. The van der Waals surface area contributed by atoms with E-state index < -0.39 is 4.92 Å². The Morgan fingerprint density at radius 1 is 1.07 bits per heavy atom. The molecule has 0 radical (unpaired) electrons. The number of fused-ring (bicyclic) bond motifs is 1. The number of ether oxygens (including phenoxy) is 1. The summed E-state index contributed by atoms with van der Waals surface area (Å²) in [4.78, 5) is 37.6. The number of nitrogens with one attached hydrogen (secondary N) is 1. The molecule has 3 aromatic rings. The van der Waals surface area contributed by atoms with Gasteiger partial charge in [0, 0.05) is 30.6 Å². The highest BCUT2D eigenvalue weighted by molar-refractivity contribution is 6.11. The number of anilines is 1. The van der Waals surface area contributed by atoms with Crippen molar-refractivity contribution >= 4 is 34.2 Å². The molecular formula is C21H19N3O6. The first kappa shape index (κ1) is 19.6. The standard InChI is InChI=1S/C21H19N3O6/c25-18(13-14-5-7-15(8-6-14)24(27)28)22-19-16-3-1-2-4-17(16)30-20(19)21(26)23-9-11-29-12-10-23/h1-8H,9-13H2,(H,22,25). The van der Waals surface area contributed by atoms with Gasteiger partial charge in [0.1, 0.15) is 11.3 Å². The van der Waals surface area contributed by atoms with Crippen LogP contribution in [0, 0.1) is 10.1 Å². The Morgan fingerprint density at radius 2 is 1.77 bits per heavy atom. The lowest BCUT2D eigenvalue weighted by Crippen LogP contribution is -2.40. The van der Waals surface area contributed by atoms with Crippen LogP contribution >= 0.6 is 0 Å². The molecule has 1 aromatic heterocycles. The summed E-state index contributed by atoms with van der Waals surface area (Å²) in [7, 11) is 0. The van der Waals surface area contributed by atoms with Gasteiger partial charge >= 0.3 is 0 Å². The summed E-state index contributed by atoms with van der Waals surface area (Å²) in [5, 5.41) is 14.2. The number of rotatable bonds is 5. The third-order valence-electron chi connectivity index (χ3n) is 4.86. The van der Waals surface area contributed by atoms with Crippen molar-refractivity contribution in [1.29, 1.82) is 0 Å². The Hall–Kier alpha value is -3.72. The molecule has 1 aliphatic rings. The van der Waals surface area contributed by atoms with Gasteiger partial charge in [-0.25, -0.2) is 0 Å². The molecule has 1 N–H and O–H groups in total. The number of furan rings is 1. The predicted molar refractivity (Wildman–Crippen MR) is 108 cm³/mol. The molecule has 9 heteroatoms. The van der Waals surface area contributed by atoms with E-state index in [1.807, 2.05) is 0 Å². The van der Waals surface area contributed by atoms with Crippen molar-refractivity contribution < 1.29 is 23.7 Å². The SMILES string of the molecule is O=C(Cc1ccc([N+](=O)[O-])cc1)Nc1c(C(=O)N2CCOCC2)oc2ccccc12. The lowest BCUT2D eigenvalue weighted by molar-refractivity contribution is -0.384. The summed E-state index contributed by atoms with van der Waals surface area (Å²) in [5.41, 5.74) is 1.40. The molecule has 4 rings (SSSR count). The van der Waals surface area contributed by atoms with Crippen molar-refractivity contribution in [1.82, 2.24) is 4.90 Å². The van der Waals surface area contributed by atoms with Gasteiger partial charge in [0.15, 0.2) is 0 Å². The Morgan fingerprint density at radius 3 is 2.47 bits per heavy atom. The highest BCUT2D eigenvalue weighted by atomic mass is 16.6. The zero-order chi connectivity index (χ0) is 21.1. The topological polar surface area (TPSA) is 115 Å². The maximum absolute atomic E-state index is 13.0. The molecule has 0 bridgehead atoms. The van der Waals surface area contributed by atoms with Crippen molar-refractivity contribution in [2.75, 3.05) is 31.6 Å². The maximum Gasteiger partial charge on any atom is 0.291 e. The molecule has 2 aromatic carbocycles. The van der Waals surface area contributed by atoms with Crippen molar-refractivity contribution in [3.63, 3.8) is 0 Å². The van der Waals surface area contributed by atoms with E-state index in [9.17, 15) is 19.7 Å². The van der Waals surface area contributed by atoms with Crippen LogP contribution in [0.5, 0.6) is 0 Å². The van der Waals surface area contributed by atoms with Crippen LogP contribution in [0.2, 0.25) is 0 Å². The van der Waals surface area contributed by atoms with Gasteiger partial charge in [-0.05, 0) is 17.7 Å². The lowest BCUT2D eigenvalue weighted by Gasteiger charge is -2.26. The zero-order valence-electron chi connectivity index (χ0n) is 16.0. The number of carbonyl (C=O) groups is 2. The molecule has 0 unspecified atom stereocenters. The van der Waals surface area contributed by atoms with Gasteiger partial charge in [-0.2, -0.15) is 0 Å². The number of amides is 2. The average molecular weight is 409 g/mol.